The van der Waals surface area contributed by atoms with E-state index in [0.717, 1.165) is 30.7 Å². The minimum atomic E-state index is -0.436. The van der Waals surface area contributed by atoms with Gasteiger partial charge in [0.15, 0.2) is 0 Å². The first-order chi connectivity index (χ1) is 8.58. The van der Waals surface area contributed by atoms with Gasteiger partial charge >= 0.3 is 0 Å². The Kier molecular flexibility index (Phi) is 4.31. The number of hydrogen-bond donors (Lipinski definition) is 3. The van der Waals surface area contributed by atoms with E-state index in [9.17, 15) is 9.90 Å². The summed E-state index contributed by atoms with van der Waals surface area (Å²) in [6.07, 6.45) is 3.22. The SMILES string of the molecule is CC(N)c1nc(C(=O)N[C@H]2CCCC[C@@H]2O)cs1. The summed E-state index contributed by atoms with van der Waals surface area (Å²) in [5.41, 5.74) is 6.10. The molecule has 0 radical (unpaired) electrons. The predicted molar refractivity (Wildman–Crippen MR) is 70.4 cm³/mol. The summed E-state index contributed by atoms with van der Waals surface area (Å²) in [7, 11) is 0. The van der Waals surface area contributed by atoms with Crippen LogP contribution in [0.2, 0.25) is 0 Å². The minimum absolute atomic E-state index is 0.147. The van der Waals surface area contributed by atoms with Crippen molar-refractivity contribution < 1.29 is 9.90 Å². The summed E-state index contributed by atoms with van der Waals surface area (Å²) in [6.45, 7) is 1.84. The third-order valence-electron chi connectivity index (χ3n) is 3.19. The van der Waals surface area contributed by atoms with E-state index in [2.05, 4.69) is 10.3 Å². The number of rotatable bonds is 3. The van der Waals surface area contributed by atoms with Crippen LogP contribution in [0.5, 0.6) is 0 Å². The number of aromatic nitrogens is 1. The van der Waals surface area contributed by atoms with Crippen LogP contribution in [0, 0.1) is 0 Å². The number of aliphatic hydroxyl groups is 1. The van der Waals surface area contributed by atoms with Crippen LogP contribution in [0.25, 0.3) is 0 Å². The van der Waals surface area contributed by atoms with Gasteiger partial charge in [-0.1, -0.05) is 12.8 Å². The Morgan fingerprint density at radius 1 is 1.61 bits per heavy atom. The fourth-order valence-corrected chi connectivity index (χ4v) is 2.88. The standard InChI is InChI=1S/C12H19N3O2S/c1-7(13)12-15-9(6-18-12)11(17)14-8-4-2-3-5-10(8)16/h6-8,10,16H,2-5,13H2,1H3,(H,14,17)/t7?,8-,10-/m0/s1. The number of carbonyl (C=O) groups excluding carboxylic acids is 1. The lowest BCUT2D eigenvalue weighted by Crippen LogP contribution is -2.45. The zero-order valence-electron chi connectivity index (χ0n) is 10.4. The molecule has 5 nitrogen and oxygen atoms in total. The molecule has 1 saturated carbocycles. The lowest BCUT2D eigenvalue weighted by molar-refractivity contribution is 0.0714. The Labute approximate surface area is 110 Å². The second-order valence-electron chi connectivity index (χ2n) is 4.79. The number of carbonyl (C=O) groups is 1. The predicted octanol–water partition coefficient (Wildman–Crippen LogP) is 1.20. The maximum atomic E-state index is 12.0. The Morgan fingerprint density at radius 3 is 2.94 bits per heavy atom. The maximum Gasteiger partial charge on any atom is 0.271 e. The van der Waals surface area contributed by atoms with Crippen molar-refractivity contribution in [1.29, 1.82) is 0 Å². The van der Waals surface area contributed by atoms with Crippen molar-refractivity contribution in [2.75, 3.05) is 0 Å². The molecule has 4 N–H and O–H groups in total. The highest BCUT2D eigenvalue weighted by molar-refractivity contribution is 7.09. The molecule has 6 heteroatoms. The van der Waals surface area contributed by atoms with Gasteiger partial charge in [-0.05, 0) is 19.8 Å². The van der Waals surface area contributed by atoms with Crippen LogP contribution < -0.4 is 11.1 Å². The molecule has 0 bridgehead atoms. The van der Waals surface area contributed by atoms with Crippen molar-refractivity contribution in [3.8, 4) is 0 Å². The molecule has 1 unspecified atom stereocenters. The van der Waals surface area contributed by atoms with Crippen molar-refractivity contribution in [1.82, 2.24) is 10.3 Å². The smallest absolute Gasteiger partial charge is 0.271 e. The van der Waals surface area contributed by atoms with E-state index in [0.29, 0.717) is 5.69 Å². The second-order valence-corrected chi connectivity index (χ2v) is 5.68. The average molecular weight is 269 g/mol. The second kappa shape index (κ2) is 5.77. The summed E-state index contributed by atoms with van der Waals surface area (Å²) in [5.74, 6) is -0.218. The number of nitrogens with two attached hydrogens (primary N) is 1. The Hall–Kier alpha value is -0.980. The summed E-state index contributed by atoms with van der Waals surface area (Å²) in [6, 6.07) is -0.302. The highest BCUT2D eigenvalue weighted by Crippen LogP contribution is 2.20. The van der Waals surface area contributed by atoms with Gasteiger partial charge in [-0.2, -0.15) is 0 Å². The number of nitrogens with zero attached hydrogens (tertiary/aromatic N) is 1. The summed E-state index contributed by atoms with van der Waals surface area (Å²) in [4.78, 5) is 16.2. The molecule has 2 rings (SSSR count). The lowest BCUT2D eigenvalue weighted by Gasteiger charge is -2.27. The van der Waals surface area contributed by atoms with Gasteiger partial charge in [0.1, 0.15) is 10.7 Å². The summed E-state index contributed by atoms with van der Waals surface area (Å²) in [5, 5.41) is 15.1. The largest absolute Gasteiger partial charge is 0.391 e. The van der Waals surface area contributed by atoms with Gasteiger partial charge in [0.05, 0.1) is 18.2 Å². The van der Waals surface area contributed by atoms with Gasteiger partial charge < -0.3 is 16.2 Å². The highest BCUT2D eigenvalue weighted by Gasteiger charge is 2.25. The van der Waals surface area contributed by atoms with Gasteiger partial charge in [-0.15, -0.1) is 11.3 Å². The number of thiazole rings is 1. The summed E-state index contributed by atoms with van der Waals surface area (Å²) < 4.78 is 0. The lowest BCUT2D eigenvalue weighted by atomic mass is 9.92. The van der Waals surface area contributed by atoms with Crippen molar-refractivity contribution in [2.45, 2.75) is 50.8 Å². The molecule has 0 spiro atoms. The molecule has 1 aromatic rings. The molecule has 1 amide bonds. The van der Waals surface area contributed by atoms with Crippen LogP contribution in [-0.2, 0) is 0 Å². The zero-order chi connectivity index (χ0) is 13.1. The van der Waals surface area contributed by atoms with E-state index in [1.54, 1.807) is 5.38 Å². The first kappa shape index (κ1) is 13.5. The first-order valence-corrected chi connectivity index (χ1v) is 7.16. The fraction of sp³-hybridized carbons (Fsp3) is 0.667. The van der Waals surface area contributed by atoms with Gasteiger partial charge in [-0.25, -0.2) is 4.98 Å². The Balaban J connectivity index is 1.98. The first-order valence-electron chi connectivity index (χ1n) is 6.28. The number of aliphatic hydroxyl groups excluding tert-OH is 1. The van der Waals surface area contributed by atoms with Gasteiger partial charge in [0, 0.05) is 5.38 Å². The van der Waals surface area contributed by atoms with Crippen molar-refractivity contribution >= 4 is 17.2 Å². The number of amides is 1. The van der Waals surface area contributed by atoms with Gasteiger partial charge in [0.2, 0.25) is 0 Å². The number of hydrogen-bond acceptors (Lipinski definition) is 5. The zero-order valence-corrected chi connectivity index (χ0v) is 11.2. The summed E-state index contributed by atoms with van der Waals surface area (Å²) >= 11 is 1.39. The molecule has 3 atom stereocenters. The van der Waals surface area contributed by atoms with Crippen molar-refractivity contribution in [3.05, 3.63) is 16.1 Å². The van der Waals surface area contributed by atoms with Crippen LogP contribution in [0.4, 0.5) is 0 Å². The Bertz CT molecular complexity index is 419. The third-order valence-corrected chi connectivity index (χ3v) is 4.24. The van der Waals surface area contributed by atoms with Crippen LogP contribution in [0.15, 0.2) is 5.38 Å². The van der Waals surface area contributed by atoms with E-state index in [4.69, 9.17) is 5.73 Å². The molecule has 0 saturated heterocycles. The molecule has 1 aliphatic carbocycles. The maximum absolute atomic E-state index is 12.0. The van der Waals surface area contributed by atoms with Crippen LogP contribution in [0.3, 0.4) is 0 Å². The molecule has 0 aromatic carbocycles. The van der Waals surface area contributed by atoms with Crippen molar-refractivity contribution in [2.24, 2.45) is 5.73 Å². The molecular formula is C12H19N3O2S. The van der Waals surface area contributed by atoms with E-state index >= 15 is 0 Å². The monoisotopic (exact) mass is 269 g/mol. The molecule has 1 aliphatic rings. The van der Waals surface area contributed by atoms with E-state index < -0.39 is 6.10 Å². The quantitative estimate of drug-likeness (QED) is 0.769. The number of nitrogens with one attached hydrogen (secondary N) is 1. The highest BCUT2D eigenvalue weighted by atomic mass is 32.1. The molecule has 100 valence electrons. The van der Waals surface area contributed by atoms with Gasteiger partial charge in [-0.3, -0.25) is 4.79 Å². The fourth-order valence-electron chi connectivity index (χ4n) is 2.12. The van der Waals surface area contributed by atoms with E-state index in [1.165, 1.54) is 11.3 Å². The molecule has 18 heavy (non-hydrogen) atoms. The molecule has 1 fully saturated rings. The Morgan fingerprint density at radius 2 is 2.33 bits per heavy atom. The molecule has 0 aliphatic heterocycles. The van der Waals surface area contributed by atoms with E-state index in [-0.39, 0.29) is 18.0 Å². The topological polar surface area (TPSA) is 88.2 Å². The van der Waals surface area contributed by atoms with Gasteiger partial charge in [0.25, 0.3) is 5.91 Å². The molecule has 1 heterocycles. The average Bonchev–Trinajstić information content (AvgIpc) is 2.81. The van der Waals surface area contributed by atoms with Crippen LogP contribution in [0.1, 0.15) is 54.1 Å². The van der Waals surface area contributed by atoms with Crippen LogP contribution >= 0.6 is 11.3 Å². The van der Waals surface area contributed by atoms with Crippen LogP contribution in [-0.4, -0.2) is 28.1 Å². The van der Waals surface area contributed by atoms with E-state index in [1.807, 2.05) is 6.92 Å². The van der Waals surface area contributed by atoms with Crippen molar-refractivity contribution in [3.63, 3.8) is 0 Å². The molecule has 1 aromatic heterocycles. The third kappa shape index (κ3) is 3.07. The molecular weight excluding hydrogens is 250 g/mol. The normalized spacial score (nSPS) is 25.7. The minimum Gasteiger partial charge on any atom is -0.391 e.